The summed E-state index contributed by atoms with van der Waals surface area (Å²) in [5.41, 5.74) is 2.72. The molecule has 0 radical (unpaired) electrons. The fourth-order valence-electron chi connectivity index (χ4n) is 3.92. The van der Waals surface area contributed by atoms with Crippen molar-refractivity contribution in [2.75, 3.05) is 13.2 Å². The van der Waals surface area contributed by atoms with Crippen LogP contribution in [0.15, 0.2) is 36.4 Å². The first-order valence-corrected chi connectivity index (χ1v) is 10.4. The topological polar surface area (TPSA) is 62.7 Å². The molecule has 0 spiro atoms. The number of amides is 1. The van der Waals surface area contributed by atoms with Gasteiger partial charge in [-0.1, -0.05) is 26.0 Å². The molecule has 1 fully saturated rings. The number of hydrogen-bond acceptors (Lipinski definition) is 5. The predicted octanol–water partition coefficient (Wildman–Crippen LogP) is 4.44. The van der Waals surface area contributed by atoms with Crippen molar-refractivity contribution in [2.45, 2.75) is 26.8 Å². The van der Waals surface area contributed by atoms with Crippen molar-refractivity contribution in [3.63, 3.8) is 0 Å². The van der Waals surface area contributed by atoms with Gasteiger partial charge in [0.15, 0.2) is 11.5 Å². The number of nitrogens with zero attached hydrogens (tertiary/aromatic N) is 2. The van der Waals surface area contributed by atoms with Crippen LogP contribution >= 0.6 is 11.3 Å². The third kappa shape index (κ3) is 2.92. The van der Waals surface area contributed by atoms with Crippen LogP contribution in [0, 0.1) is 11.3 Å². The largest absolute Gasteiger partial charge is 0.504 e. The number of carbonyl (C=O) groups is 1. The van der Waals surface area contributed by atoms with Gasteiger partial charge in [0.1, 0.15) is 11.6 Å². The van der Waals surface area contributed by atoms with Gasteiger partial charge in [-0.25, -0.2) is 4.98 Å². The Labute approximate surface area is 167 Å². The second kappa shape index (κ2) is 6.21. The highest BCUT2D eigenvalue weighted by Crippen LogP contribution is 2.52. The number of phenolic OH excluding ortho intramolecular Hbond substituents is 1. The van der Waals surface area contributed by atoms with Crippen molar-refractivity contribution in [2.24, 2.45) is 11.3 Å². The summed E-state index contributed by atoms with van der Waals surface area (Å²) in [4.78, 5) is 19.5. The fraction of sp³-hybridized carbons (Fsp3) is 0.364. The lowest BCUT2D eigenvalue weighted by molar-refractivity contribution is -0.134. The minimum atomic E-state index is 0.0927. The van der Waals surface area contributed by atoms with Gasteiger partial charge in [0.25, 0.3) is 0 Å². The zero-order valence-corrected chi connectivity index (χ0v) is 16.8. The normalized spacial score (nSPS) is 20.4. The van der Waals surface area contributed by atoms with E-state index in [9.17, 15) is 9.90 Å². The molecule has 2 aromatic carbocycles. The molecule has 1 atom stereocenters. The maximum Gasteiger partial charge on any atom is 0.226 e. The van der Waals surface area contributed by atoms with Crippen LogP contribution in [0.2, 0.25) is 0 Å². The summed E-state index contributed by atoms with van der Waals surface area (Å²) in [6.45, 7) is 5.65. The number of benzene rings is 2. The highest BCUT2D eigenvalue weighted by Gasteiger charge is 2.52. The standard InChI is InChI=1S/C22H22N2O3S/c1-22(2)11-15(22)21(26)24-7-8-27-19-14(12-24)9-13(10-17(19)25)20-23-16-5-3-4-6-18(16)28-20/h3-6,9-10,15,25H,7-8,11-12H2,1-2H3/t15-/m1/s1. The Morgan fingerprint density at radius 1 is 1.32 bits per heavy atom. The number of carbonyl (C=O) groups excluding carboxylic acids is 1. The van der Waals surface area contributed by atoms with Gasteiger partial charge >= 0.3 is 0 Å². The molecular weight excluding hydrogens is 372 g/mol. The van der Waals surface area contributed by atoms with Gasteiger partial charge in [0.05, 0.1) is 16.8 Å². The van der Waals surface area contributed by atoms with Gasteiger partial charge in [-0.3, -0.25) is 4.79 Å². The summed E-state index contributed by atoms with van der Waals surface area (Å²) in [5, 5.41) is 11.4. The van der Waals surface area contributed by atoms with Crippen LogP contribution in [0.4, 0.5) is 0 Å². The molecule has 1 N–H and O–H groups in total. The molecule has 5 nitrogen and oxygen atoms in total. The molecule has 1 aromatic heterocycles. The fourth-order valence-corrected chi connectivity index (χ4v) is 4.87. The van der Waals surface area contributed by atoms with Crippen molar-refractivity contribution in [1.82, 2.24) is 9.88 Å². The van der Waals surface area contributed by atoms with Crippen LogP contribution in [0.5, 0.6) is 11.5 Å². The molecule has 5 rings (SSSR count). The monoisotopic (exact) mass is 394 g/mol. The number of fused-ring (bicyclic) bond motifs is 2. The predicted molar refractivity (Wildman–Crippen MR) is 110 cm³/mol. The van der Waals surface area contributed by atoms with Crippen molar-refractivity contribution in [3.05, 3.63) is 42.0 Å². The van der Waals surface area contributed by atoms with Crippen LogP contribution in [0.1, 0.15) is 25.8 Å². The summed E-state index contributed by atoms with van der Waals surface area (Å²) >= 11 is 1.59. The van der Waals surface area contributed by atoms with Gasteiger partial charge in [0, 0.05) is 23.6 Å². The number of para-hydroxylation sites is 1. The Morgan fingerprint density at radius 3 is 2.86 bits per heavy atom. The van der Waals surface area contributed by atoms with Crippen molar-refractivity contribution in [3.8, 4) is 22.1 Å². The molecule has 0 saturated heterocycles. The summed E-state index contributed by atoms with van der Waals surface area (Å²) < 4.78 is 6.91. The first kappa shape index (κ1) is 17.5. The van der Waals surface area contributed by atoms with Crippen LogP contribution < -0.4 is 4.74 Å². The molecule has 1 amide bonds. The maximum atomic E-state index is 12.9. The average Bonchev–Trinajstić information content (AvgIpc) is 3.18. The lowest BCUT2D eigenvalue weighted by atomic mass is 10.1. The molecule has 3 aromatic rings. The number of phenols is 1. The van der Waals surface area contributed by atoms with Crippen LogP contribution in [0.3, 0.4) is 0 Å². The highest BCUT2D eigenvalue weighted by molar-refractivity contribution is 7.21. The molecule has 1 saturated carbocycles. The molecule has 2 heterocycles. The van der Waals surface area contributed by atoms with Crippen molar-refractivity contribution >= 4 is 27.5 Å². The van der Waals surface area contributed by atoms with Crippen LogP contribution in [-0.2, 0) is 11.3 Å². The first-order chi connectivity index (χ1) is 13.4. The highest BCUT2D eigenvalue weighted by atomic mass is 32.1. The van der Waals surface area contributed by atoms with Crippen molar-refractivity contribution in [1.29, 1.82) is 0 Å². The molecule has 144 valence electrons. The number of thiazole rings is 1. The number of ether oxygens (including phenoxy) is 1. The smallest absolute Gasteiger partial charge is 0.226 e. The molecule has 0 unspecified atom stereocenters. The Bertz CT molecular complexity index is 1060. The summed E-state index contributed by atoms with van der Waals surface area (Å²) in [6, 6.07) is 11.7. The number of rotatable bonds is 2. The average molecular weight is 394 g/mol. The number of hydrogen-bond donors (Lipinski definition) is 1. The van der Waals surface area contributed by atoms with E-state index in [1.807, 2.05) is 35.2 Å². The quantitative estimate of drug-likeness (QED) is 0.698. The Hall–Kier alpha value is -2.60. The van der Waals surface area contributed by atoms with Gasteiger partial charge in [-0.05, 0) is 36.1 Å². The third-order valence-corrected chi connectivity index (χ3v) is 6.86. The Morgan fingerprint density at radius 2 is 2.11 bits per heavy atom. The van der Waals surface area contributed by atoms with E-state index in [2.05, 4.69) is 13.8 Å². The van der Waals surface area contributed by atoms with E-state index < -0.39 is 0 Å². The molecule has 0 bridgehead atoms. The van der Waals surface area contributed by atoms with Crippen molar-refractivity contribution < 1.29 is 14.6 Å². The lowest BCUT2D eigenvalue weighted by Crippen LogP contribution is -2.34. The minimum Gasteiger partial charge on any atom is -0.504 e. The SMILES string of the molecule is CC1(C)C[C@@H]1C(=O)N1CCOc2c(O)cc(-c3nc4ccccc4s3)cc2C1. The zero-order valence-electron chi connectivity index (χ0n) is 15.9. The molecular formula is C22H22N2O3S. The minimum absolute atomic E-state index is 0.0927. The van der Waals surface area contributed by atoms with Gasteiger partial charge in [0.2, 0.25) is 5.91 Å². The molecule has 28 heavy (non-hydrogen) atoms. The van der Waals surface area contributed by atoms with E-state index >= 15 is 0 Å². The van der Waals surface area contributed by atoms with Crippen LogP contribution in [-0.4, -0.2) is 34.0 Å². The summed E-state index contributed by atoms with van der Waals surface area (Å²) in [6.07, 6.45) is 0.938. The summed E-state index contributed by atoms with van der Waals surface area (Å²) in [7, 11) is 0. The van der Waals surface area contributed by atoms with E-state index in [1.54, 1.807) is 17.4 Å². The molecule has 2 aliphatic rings. The van der Waals surface area contributed by atoms with Gasteiger partial charge < -0.3 is 14.7 Å². The third-order valence-electron chi connectivity index (χ3n) is 5.78. The molecule has 6 heteroatoms. The second-order valence-electron chi connectivity index (χ2n) is 8.32. The first-order valence-electron chi connectivity index (χ1n) is 9.56. The van der Waals surface area contributed by atoms with E-state index in [0.29, 0.717) is 25.4 Å². The Kier molecular flexibility index (Phi) is 3.88. The zero-order chi connectivity index (χ0) is 19.5. The lowest BCUT2D eigenvalue weighted by Gasteiger charge is -2.21. The van der Waals surface area contributed by atoms with Gasteiger partial charge in [-0.15, -0.1) is 11.3 Å². The van der Waals surface area contributed by atoms with E-state index in [-0.39, 0.29) is 23.0 Å². The van der Waals surface area contributed by atoms with E-state index in [0.717, 1.165) is 32.8 Å². The summed E-state index contributed by atoms with van der Waals surface area (Å²) in [5.74, 6) is 0.865. The van der Waals surface area contributed by atoms with Gasteiger partial charge in [-0.2, -0.15) is 0 Å². The number of aromatic nitrogens is 1. The van der Waals surface area contributed by atoms with E-state index in [1.165, 1.54) is 0 Å². The van der Waals surface area contributed by atoms with E-state index in [4.69, 9.17) is 9.72 Å². The molecule has 1 aliphatic carbocycles. The molecule has 1 aliphatic heterocycles. The second-order valence-corrected chi connectivity index (χ2v) is 9.35. The number of aromatic hydroxyl groups is 1. The van der Waals surface area contributed by atoms with Crippen LogP contribution in [0.25, 0.3) is 20.8 Å². The Balaban J connectivity index is 1.50. The maximum absolute atomic E-state index is 12.9.